The SMILES string of the molecule is Cc1c(O)cc2c(c1C)N(C)CCN2C. The standard InChI is InChI=1S/C12H18N2O/c1-8-9(2)12-10(7-11(8)15)13(3)5-6-14(12)4/h7,15H,5-6H2,1-4H3. The summed E-state index contributed by atoms with van der Waals surface area (Å²) >= 11 is 0. The summed E-state index contributed by atoms with van der Waals surface area (Å²) < 4.78 is 0. The summed E-state index contributed by atoms with van der Waals surface area (Å²) in [5.41, 5.74) is 4.54. The van der Waals surface area contributed by atoms with E-state index in [9.17, 15) is 5.11 Å². The van der Waals surface area contributed by atoms with Crippen molar-refractivity contribution in [2.24, 2.45) is 0 Å². The molecule has 0 aliphatic carbocycles. The van der Waals surface area contributed by atoms with Crippen LogP contribution in [0.1, 0.15) is 11.1 Å². The summed E-state index contributed by atoms with van der Waals surface area (Å²) in [4.78, 5) is 4.46. The lowest BCUT2D eigenvalue weighted by atomic mass is 10.0. The smallest absolute Gasteiger partial charge is 0.120 e. The molecule has 1 aromatic carbocycles. The molecule has 3 heteroatoms. The first-order valence-corrected chi connectivity index (χ1v) is 5.28. The molecule has 0 fully saturated rings. The molecule has 0 aromatic heterocycles. The highest BCUT2D eigenvalue weighted by Crippen LogP contribution is 2.40. The van der Waals surface area contributed by atoms with Gasteiger partial charge in [0.15, 0.2) is 0 Å². The van der Waals surface area contributed by atoms with Gasteiger partial charge in [0.2, 0.25) is 0 Å². The fourth-order valence-corrected chi connectivity index (χ4v) is 2.17. The van der Waals surface area contributed by atoms with Crippen molar-refractivity contribution in [3.8, 4) is 5.75 Å². The van der Waals surface area contributed by atoms with Crippen LogP contribution in [-0.2, 0) is 0 Å². The summed E-state index contributed by atoms with van der Waals surface area (Å²) in [6.07, 6.45) is 0. The van der Waals surface area contributed by atoms with Gasteiger partial charge in [-0.3, -0.25) is 0 Å². The Bertz CT molecular complexity index is 401. The monoisotopic (exact) mass is 206 g/mol. The number of fused-ring (bicyclic) bond motifs is 1. The number of hydrogen-bond acceptors (Lipinski definition) is 3. The van der Waals surface area contributed by atoms with Crippen LogP contribution in [0.4, 0.5) is 11.4 Å². The van der Waals surface area contributed by atoms with Gasteiger partial charge in [-0.15, -0.1) is 0 Å². The van der Waals surface area contributed by atoms with Crippen LogP contribution in [0.2, 0.25) is 0 Å². The van der Waals surface area contributed by atoms with Crippen molar-refractivity contribution in [2.45, 2.75) is 13.8 Å². The third-order valence-corrected chi connectivity index (χ3v) is 3.38. The third-order valence-electron chi connectivity index (χ3n) is 3.38. The molecule has 0 atom stereocenters. The summed E-state index contributed by atoms with van der Waals surface area (Å²) in [6, 6.07) is 1.87. The number of aromatic hydroxyl groups is 1. The number of phenolic OH excluding ortho intramolecular Hbond substituents is 1. The van der Waals surface area contributed by atoms with Gasteiger partial charge >= 0.3 is 0 Å². The van der Waals surface area contributed by atoms with Crippen LogP contribution >= 0.6 is 0 Å². The molecular weight excluding hydrogens is 188 g/mol. The van der Waals surface area contributed by atoms with Crippen molar-refractivity contribution in [3.63, 3.8) is 0 Å². The molecule has 1 aliphatic rings. The molecule has 82 valence electrons. The van der Waals surface area contributed by atoms with Crippen molar-refractivity contribution < 1.29 is 5.11 Å². The summed E-state index contributed by atoms with van der Waals surface area (Å²) in [5, 5.41) is 9.81. The van der Waals surface area contributed by atoms with E-state index < -0.39 is 0 Å². The summed E-state index contributed by atoms with van der Waals surface area (Å²) in [6.45, 7) is 6.08. The van der Waals surface area contributed by atoms with E-state index in [0.29, 0.717) is 5.75 Å². The molecule has 0 bridgehead atoms. The van der Waals surface area contributed by atoms with E-state index >= 15 is 0 Å². The van der Waals surface area contributed by atoms with Gasteiger partial charge in [0, 0.05) is 33.3 Å². The molecule has 0 amide bonds. The van der Waals surface area contributed by atoms with Gasteiger partial charge in [-0.05, 0) is 25.0 Å². The van der Waals surface area contributed by atoms with Gasteiger partial charge < -0.3 is 14.9 Å². The molecule has 0 radical (unpaired) electrons. The summed E-state index contributed by atoms with van der Waals surface area (Å²) in [7, 11) is 4.18. The maximum absolute atomic E-state index is 9.81. The first kappa shape index (κ1) is 10.1. The Kier molecular flexibility index (Phi) is 2.25. The highest BCUT2D eigenvalue weighted by Gasteiger charge is 2.22. The number of hydrogen-bond donors (Lipinski definition) is 1. The lowest BCUT2D eigenvalue weighted by Gasteiger charge is -2.36. The molecule has 2 rings (SSSR count). The molecule has 1 N–H and O–H groups in total. The van der Waals surface area contributed by atoms with E-state index in [1.54, 1.807) is 0 Å². The van der Waals surface area contributed by atoms with Crippen molar-refractivity contribution >= 4 is 11.4 Å². The van der Waals surface area contributed by atoms with E-state index in [-0.39, 0.29) is 0 Å². The Morgan fingerprint density at radius 3 is 2.33 bits per heavy atom. The molecule has 0 saturated heterocycles. The lowest BCUT2D eigenvalue weighted by Crippen LogP contribution is -2.37. The number of phenols is 1. The number of anilines is 2. The van der Waals surface area contributed by atoms with Crippen molar-refractivity contribution in [1.82, 2.24) is 0 Å². The number of rotatable bonds is 0. The van der Waals surface area contributed by atoms with E-state index in [0.717, 1.165) is 24.3 Å². The number of likely N-dealkylation sites (N-methyl/N-ethyl adjacent to an activating group) is 2. The topological polar surface area (TPSA) is 26.7 Å². The molecule has 1 heterocycles. The van der Waals surface area contributed by atoms with Gasteiger partial charge in [0.1, 0.15) is 5.75 Å². The van der Waals surface area contributed by atoms with Crippen molar-refractivity contribution in [2.75, 3.05) is 37.0 Å². The quantitative estimate of drug-likeness (QED) is 0.702. The Morgan fingerprint density at radius 1 is 1.07 bits per heavy atom. The van der Waals surface area contributed by atoms with Crippen LogP contribution in [0.25, 0.3) is 0 Å². The summed E-state index contributed by atoms with van der Waals surface area (Å²) in [5.74, 6) is 0.397. The Labute approximate surface area is 90.9 Å². The van der Waals surface area contributed by atoms with Gasteiger partial charge in [0.25, 0.3) is 0 Å². The first-order chi connectivity index (χ1) is 7.02. The van der Waals surface area contributed by atoms with Crippen LogP contribution in [0.15, 0.2) is 6.07 Å². The average molecular weight is 206 g/mol. The maximum atomic E-state index is 9.81. The van der Waals surface area contributed by atoms with Crippen molar-refractivity contribution in [1.29, 1.82) is 0 Å². The second kappa shape index (κ2) is 3.33. The molecule has 1 aromatic rings. The van der Waals surface area contributed by atoms with Crippen LogP contribution in [-0.4, -0.2) is 32.3 Å². The van der Waals surface area contributed by atoms with Gasteiger partial charge in [-0.2, -0.15) is 0 Å². The number of nitrogens with zero attached hydrogens (tertiary/aromatic N) is 2. The zero-order chi connectivity index (χ0) is 11.2. The Hall–Kier alpha value is -1.38. The first-order valence-electron chi connectivity index (χ1n) is 5.28. The fraction of sp³-hybridized carbons (Fsp3) is 0.500. The Morgan fingerprint density at radius 2 is 1.67 bits per heavy atom. The number of benzene rings is 1. The average Bonchev–Trinajstić information content (AvgIpc) is 2.20. The van der Waals surface area contributed by atoms with E-state index in [4.69, 9.17) is 0 Å². The van der Waals surface area contributed by atoms with E-state index in [1.807, 2.05) is 13.0 Å². The minimum Gasteiger partial charge on any atom is -0.508 e. The molecule has 15 heavy (non-hydrogen) atoms. The van der Waals surface area contributed by atoms with Gasteiger partial charge in [-0.25, -0.2) is 0 Å². The highest BCUT2D eigenvalue weighted by atomic mass is 16.3. The zero-order valence-corrected chi connectivity index (χ0v) is 9.83. The fourth-order valence-electron chi connectivity index (χ4n) is 2.17. The second-order valence-electron chi connectivity index (χ2n) is 4.36. The van der Waals surface area contributed by atoms with Crippen LogP contribution in [0.3, 0.4) is 0 Å². The second-order valence-corrected chi connectivity index (χ2v) is 4.36. The Balaban J connectivity index is 2.68. The van der Waals surface area contributed by atoms with Gasteiger partial charge in [-0.1, -0.05) is 0 Å². The maximum Gasteiger partial charge on any atom is 0.120 e. The van der Waals surface area contributed by atoms with E-state index in [2.05, 4.69) is 30.8 Å². The normalized spacial score (nSPS) is 15.5. The van der Waals surface area contributed by atoms with Crippen LogP contribution in [0.5, 0.6) is 5.75 Å². The molecule has 1 aliphatic heterocycles. The molecule has 0 saturated carbocycles. The zero-order valence-electron chi connectivity index (χ0n) is 9.83. The molecule has 3 nitrogen and oxygen atoms in total. The lowest BCUT2D eigenvalue weighted by molar-refractivity contribution is 0.470. The highest BCUT2D eigenvalue weighted by molar-refractivity contribution is 5.79. The minimum absolute atomic E-state index is 0.397. The van der Waals surface area contributed by atoms with Crippen molar-refractivity contribution in [3.05, 3.63) is 17.2 Å². The predicted octanol–water partition coefficient (Wildman–Crippen LogP) is 1.90. The van der Waals surface area contributed by atoms with Gasteiger partial charge in [0.05, 0.1) is 11.4 Å². The van der Waals surface area contributed by atoms with E-state index in [1.165, 1.54) is 11.3 Å². The van der Waals surface area contributed by atoms with Crippen LogP contribution in [0, 0.1) is 13.8 Å². The largest absolute Gasteiger partial charge is 0.508 e. The van der Waals surface area contributed by atoms with Crippen LogP contribution < -0.4 is 9.80 Å². The predicted molar refractivity (Wildman–Crippen MR) is 64.1 cm³/mol. The third kappa shape index (κ3) is 1.42. The molecule has 0 spiro atoms. The molecular formula is C12H18N2O. The minimum atomic E-state index is 0.397. The molecule has 0 unspecified atom stereocenters.